The van der Waals surface area contributed by atoms with E-state index in [0.29, 0.717) is 6.04 Å². The molecule has 1 N–H and O–H groups in total. The van der Waals surface area contributed by atoms with Crippen molar-refractivity contribution in [1.29, 1.82) is 0 Å². The molecule has 0 spiro atoms. The van der Waals surface area contributed by atoms with E-state index in [1.165, 1.54) is 25.1 Å². The summed E-state index contributed by atoms with van der Waals surface area (Å²) in [5, 5.41) is 3.48. The van der Waals surface area contributed by atoms with Gasteiger partial charge in [-0.3, -0.25) is 0 Å². The largest absolute Gasteiger partial charge is 0.359 e. The van der Waals surface area contributed by atoms with Crippen LogP contribution in [0.1, 0.15) is 25.8 Å². The van der Waals surface area contributed by atoms with Crippen LogP contribution in [-0.4, -0.2) is 49.7 Å². The van der Waals surface area contributed by atoms with Crippen molar-refractivity contribution in [2.24, 2.45) is 5.92 Å². The van der Waals surface area contributed by atoms with Crippen LogP contribution in [0, 0.1) is 5.92 Å². The Morgan fingerprint density at radius 1 is 1.50 bits per heavy atom. The molecule has 2 rings (SSSR count). The van der Waals surface area contributed by atoms with Gasteiger partial charge in [0.15, 0.2) is 0 Å². The van der Waals surface area contributed by atoms with Crippen molar-refractivity contribution < 1.29 is 0 Å². The van der Waals surface area contributed by atoms with Gasteiger partial charge in [0.25, 0.3) is 0 Å². The summed E-state index contributed by atoms with van der Waals surface area (Å²) in [5.41, 5.74) is 1.29. The maximum absolute atomic E-state index is 4.59. The molecule has 20 heavy (non-hydrogen) atoms. The van der Waals surface area contributed by atoms with Crippen LogP contribution in [0.25, 0.3) is 0 Å². The molecule has 0 radical (unpaired) electrons. The van der Waals surface area contributed by atoms with Crippen LogP contribution in [0.5, 0.6) is 0 Å². The lowest BCUT2D eigenvalue weighted by Gasteiger charge is -2.24. The minimum Gasteiger partial charge on any atom is -0.359 e. The van der Waals surface area contributed by atoms with E-state index in [9.17, 15) is 0 Å². The number of anilines is 1. The minimum atomic E-state index is 0.497. The lowest BCUT2D eigenvalue weighted by Crippen LogP contribution is -2.30. The van der Waals surface area contributed by atoms with Gasteiger partial charge in [-0.1, -0.05) is 19.9 Å². The lowest BCUT2D eigenvalue weighted by atomic mass is 10.1. The molecule has 1 aliphatic rings. The first kappa shape index (κ1) is 15.3. The molecule has 1 atom stereocenters. The Bertz CT molecular complexity index is 419. The van der Waals surface area contributed by atoms with Crippen LogP contribution in [0.3, 0.4) is 0 Å². The zero-order valence-electron chi connectivity index (χ0n) is 13.3. The number of hydrogen-bond acceptors (Lipinski definition) is 4. The first-order valence-corrected chi connectivity index (χ1v) is 7.63. The predicted octanol–water partition coefficient (Wildman–Crippen LogP) is 1.97. The molecule has 1 fully saturated rings. The van der Waals surface area contributed by atoms with Gasteiger partial charge in [-0.15, -0.1) is 0 Å². The van der Waals surface area contributed by atoms with Crippen molar-refractivity contribution in [1.82, 2.24) is 15.2 Å². The van der Waals surface area contributed by atoms with Gasteiger partial charge >= 0.3 is 0 Å². The van der Waals surface area contributed by atoms with Crippen molar-refractivity contribution in [3.63, 3.8) is 0 Å². The summed E-state index contributed by atoms with van der Waals surface area (Å²) >= 11 is 0. The fourth-order valence-corrected chi connectivity index (χ4v) is 2.88. The Hall–Kier alpha value is -1.13. The number of likely N-dealkylation sites (tertiary alicyclic amines) is 1. The van der Waals surface area contributed by atoms with E-state index in [1.54, 1.807) is 0 Å². The normalized spacial score (nSPS) is 19.8. The van der Waals surface area contributed by atoms with Crippen molar-refractivity contribution in [2.45, 2.75) is 32.9 Å². The van der Waals surface area contributed by atoms with Crippen LogP contribution in [0.15, 0.2) is 18.3 Å². The van der Waals surface area contributed by atoms with Gasteiger partial charge in [0.1, 0.15) is 5.82 Å². The molecule has 0 aliphatic carbocycles. The zero-order valence-corrected chi connectivity index (χ0v) is 13.3. The molecule has 0 saturated carbocycles. The highest BCUT2D eigenvalue weighted by molar-refractivity contribution is 5.46. The van der Waals surface area contributed by atoms with Gasteiger partial charge in [-0.25, -0.2) is 4.98 Å². The maximum Gasteiger partial charge on any atom is 0.132 e. The van der Waals surface area contributed by atoms with Crippen LogP contribution in [0.2, 0.25) is 0 Å². The molecule has 1 aliphatic heterocycles. The van der Waals surface area contributed by atoms with Gasteiger partial charge in [-0.05, 0) is 32.0 Å². The van der Waals surface area contributed by atoms with Crippen molar-refractivity contribution in [2.75, 3.05) is 38.6 Å². The quantitative estimate of drug-likeness (QED) is 0.861. The number of hydrogen-bond donors (Lipinski definition) is 1. The number of aromatic nitrogens is 1. The van der Waals surface area contributed by atoms with Crippen LogP contribution < -0.4 is 10.2 Å². The molecule has 0 aromatic carbocycles. The smallest absolute Gasteiger partial charge is 0.132 e. The Labute approximate surface area is 123 Å². The Balaban J connectivity index is 1.99. The van der Waals surface area contributed by atoms with Gasteiger partial charge < -0.3 is 15.1 Å². The molecule has 0 amide bonds. The van der Waals surface area contributed by atoms with Crippen molar-refractivity contribution in [3.05, 3.63) is 23.9 Å². The Morgan fingerprint density at radius 3 is 2.95 bits per heavy atom. The first-order chi connectivity index (χ1) is 9.56. The highest BCUT2D eigenvalue weighted by atomic mass is 15.2. The average Bonchev–Trinajstić information content (AvgIpc) is 2.82. The molecular formula is C16H28N4. The fourth-order valence-electron chi connectivity index (χ4n) is 2.88. The van der Waals surface area contributed by atoms with Gasteiger partial charge in [0.2, 0.25) is 0 Å². The highest BCUT2D eigenvalue weighted by Crippen LogP contribution is 2.21. The molecular weight excluding hydrogens is 248 g/mol. The standard InChI is InChI=1S/C16H28N4/c1-13(2)18-10-15-6-5-8-17-16(15)20(4)12-14-7-9-19(3)11-14/h5-6,8,13-14,18H,7,9-12H2,1-4H3. The predicted molar refractivity (Wildman–Crippen MR) is 85.1 cm³/mol. The second kappa shape index (κ2) is 7.04. The second-order valence-corrected chi connectivity index (χ2v) is 6.32. The topological polar surface area (TPSA) is 31.4 Å². The van der Waals surface area contributed by atoms with Crippen LogP contribution in [-0.2, 0) is 6.54 Å². The summed E-state index contributed by atoms with van der Waals surface area (Å²) in [6.45, 7) is 8.76. The molecule has 1 saturated heterocycles. The molecule has 112 valence electrons. The van der Waals surface area contributed by atoms with E-state index in [-0.39, 0.29) is 0 Å². The molecule has 4 heteroatoms. The lowest BCUT2D eigenvalue weighted by molar-refractivity contribution is 0.395. The van der Waals surface area contributed by atoms with Crippen LogP contribution >= 0.6 is 0 Å². The SMILES string of the molecule is CC(C)NCc1cccnc1N(C)CC1CCN(C)C1. The summed E-state index contributed by atoms with van der Waals surface area (Å²) in [4.78, 5) is 9.33. The average molecular weight is 276 g/mol. The highest BCUT2D eigenvalue weighted by Gasteiger charge is 2.21. The Morgan fingerprint density at radius 2 is 2.30 bits per heavy atom. The first-order valence-electron chi connectivity index (χ1n) is 7.63. The number of pyridine rings is 1. The summed E-state index contributed by atoms with van der Waals surface area (Å²) < 4.78 is 0. The number of nitrogens with one attached hydrogen (secondary N) is 1. The third kappa shape index (κ3) is 4.18. The summed E-state index contributed by atoms with van der Waals surface area (Å²) in [6.07, 6.45) is 3.19. The monoisotopic (exact) mass is 276 g/mol. The van der Waals surface area contributed by atoms with Gasteiger partial charge in [0, 0.05) is 44.5 Å². The van der Waals surface area contributed by atoms with Crippen molar-refractivity contribution in [3.8, 4) is 0 Å². The molecule has 4 nitrogen and oxygen atoms in total. The number of rotatable bonds is 6. The molecule has 1 aromatic heterocycles. The second-order valence-electron chi connectivity index (χ2n) is 6.32. The van der Waals surface area contributed by atoms with Gasteiger partial charge in [-0.2, -0.15) is 0 Å². The fraction of sp³-hybridized carbons (Fsp3) is 0.688. The van der Waals surface area contributed by atoms with E-state index in [0.717, 1.165) is 24.8 Å². The van der Waals surface area contributed by atoms with E-state index in [2.05, 4.69) is 54.1 Å². The third-order valence-electron chi connectivity index (χ3n) is 3.95. The molecule has 2 heterocycles. The maximum atomic E-state index is 4.59. The summed E-state index contributed by atoms with van der Waals surface area (Å²) in [7, 11) is 4.37. The van der Waals surface area contributed by atoms with Crippen molar-refractivity contribution >= 4 is 5.82 Å². The summed E-state index contributed by atoms with van der Waals surface area (Å²) in [6, 6.07) is 4.70. The zero-order chi connectivity index (χ0) is 14.5. The molecule has 1 aromatic rings. The minimum absolute atomic E-state index is 0.497. The van der Waals surface area contributed by atoms with E-state index >= 15 is 0 Å². The number of nitrogens with zero attached hydrogens (tertiary/aromatic N) is 3. The van der Waals surface area contributed by atoms with E-state index < -0.39 is 0 Å². The third-order valence-corrected chi connectivity index (χ3v) is 3.95. The Kier molecular flexibility index (Phi) is 5.38. The molecule has 1 unspecified atom stereocenters. The van der Waals surface area contributed by atoms with E-state index in [4.69, 9.17) is 0 Å². The summed E-state index contributed by atoms with van der Waals surface area (Å²) in [5.74, 6) is 1.88. The van der Waals surface area contributed by atoms with Gasteiger partial charge in [0.05, 0.1) is 0 Å². The van der Waals surface area contributed by atoms with E-state index in [1.807, 2.05) is 12.3 Å². The molecule has 0 bridgehead atoms. The van der Waals surface area contributed by atoms with Crippen LogP contribution in [0.4, 0.5) is 5.82 Å².